The molecule has 3 aromatic rings. The number of urea groups is 1. The van der Waals surface area contributed by atoms with Crippen LogP contribution in [0, 0.1) is 0 Å². The molecule has 0 fully saturated rings. The summed E-state index contributed by atoms with van der Waals surface area (Å²) in [6.07, 6.45) is 0.822. The van der Waals surface area contributed by atoms with Gasteiger partial charge in [-0.15, -0.1) is 0 Å². The summed E-state index contributed by atoms with van der Waals surface area (Å²) in [5.41, 5.74) is 3.85. The molecule has 3 aromatic carbocycles. The number of anilines is 1. The van der Waals surface area contributed by atoms with Gasteiger partial charge in [-0.1, -0.05) is 41.9 Å². The highest BCUT2D eigenvalue weighted by Crippen LogP contribution is 2.27. The van der Waals surface area contributed by atoms with E-state index >= 15 is 0 Å². The molecule has 178 valence electrons. The first-order valence-electron chi connectivity index (χ1n) is 11.5. The van der Waals surface area contributed by atoms with Crippen molar-refractivity contribution in [2.24, 2.45) is 0 Å². The molecule has 1 aliphatic rings. The van der Waals surface area contributed by atoms with Crippen molar-refractivity contribution in [3.63, 3.8) is 0 Å². The average Bonchev–Trinajstić information content (AvgIpc) is 3.06. The number of hydrogen-bond acceptors (Lipinski definition) is 4. The molecule has 1 heterocycles. The lowest BCUT2D eigenvalue weighted by atomic mass is 10.1. The van der Waals surface area contributed by atoms with E-state index in [-0.39, 0.29) is 6.03 Å². The Morgan fingerprint density at radius 2 is 1.88 bits per heavy atom. The maximum atomic E-state index is 13.0. The summed E-state index contributed by atoms with van der Waals surface area (Å²) in [5, 5.41) is 3.71. The first kappa shape index (κ1) is 23.9. The Balaban J connectivity index is 1.35. The maximum absolute atomic E-state index is 13.0. The Labute approximate surface area is 205 Å². The van der Waals surface area contributed by atoms with Crippen molar-refractivity contribution in [3.8, 4) is 11.5 Å². The van der Waals surface area contributed by atoms with Crippen molar-refractivity contribution < 1.29 is 19.0 Å². The molecule has 0 atom stereocenters. The van der Waals surface area contributed by atoms with Crippen molar-refractivity contribution in [1.29, 1.82) is 0 Å². The predicted molar refractivity (Wildman–Crippen MR) is 134 cm³/mol. The lowest BCUT2D eigenvalue weighted by Crippen LogP contribution is -2.36. The van der Waals surface area contributed by atoms with Gasteiger partial charge in [0.2, 0.25) is 0 Å². The molecular weight excluding hydrogens is 452 g/mol. The number of benzene rings is 3. The summed E-state index contributed by atoms with van der Waals surface area (Å²) in [4.78, 5) is 14.8. The van der Waals surface area contributed by atoms with Gasteiger partial charge in [0.25, 0.3) is 0 Å². The van der Waals surface area contributed by atoms with Crippen LogP contribution in [0.2, 0.25) is 5.02 Å². The van der Waals surface area contributed by atoms with Crippen molar-refractivity contribution >= 4 is 23.3 Å². The number of carbonyl (C=O) groups excluding carboxylic acids is 1. The van der Waals surface area contributed by atoms with E-state index < -0.39 is 0 Å². The summed E-state index contributed by atoms with van der Waals surface area (Å²) in [6.45, 7) is 4.94. The van der Waals surface area contributed by atoms with Crippen LogP contribution in [0.4, 0.5) is 10.5 Å². The normalized spacial score (nSPS) is 12.9. The van der Waals surface area contributed by atoms with Gasteiger partial charge in [0, 0.05) is 10.6 Å². The number of nitrogens with zero attached hydrogens (tertiary/aromatic N) is 1. The molecule has 2 amide bonds. The lowest BCUT2D eigenvalue weighted by Gasteiger charge is -2.21. The second kappa shape index (κ2) is 11.8. The number of para-hydroxylation sites is 2. The highest BCUT2D eigenvalue weighted by molar-refractivity contribution is 6.30. The summed E-state index contributed by atoms with van der Waals surface area (Å²) in [6, 6.07) is 21.1. The minimum atomic E-state index is -0.187. The highest BCUT2D eigenvalue weighted by atomic mass is 35.5. The zero-order valence-corrected chi connectivity index (χ0v) is 20.0. The number of hydrogen-bond donors (Lipinski definition) is 1. The third-order valence-corrected chi connectivity index (χ3v) is 5.79. The molecule has 0 saturated carbocycles. The van der Waals surface area contributed by atoms with Crippen molar-refractivity contribution in [2.75, 3.05) is 31.7 Å². The van der Waals surface area contributed by atoms with Crippen molar-refractivity contribution in [1.82, 2.24) is 4.90 Å². The molecule has 1 N–H and O–H groups in total. The van der Waals surface area contributed by atoms with Gasteiger partial charge >= 0.3 is 6.03 Å². The van der Waals surface area contributed by atoms with E-state index in [1.54, 1.807) is 4.90 Å². The monoisotopic (exact) mass is 480 g/mol. The molecule has 0 aliphatic carbocycles. The summed E-state index contributed by atoms with van der Waals surface area (Å²) < 4.78 is 17.4. The van der Waals surface area contributed by atoms with E-state index in [0.29, 0.717) is 51.0 Å². The fourth-order valence-electron chi connectivity index (χ4n) is 3.79. The van der Waals surface area contributed by atoms with E-state index in [4.69, 9.17) is 25.8 Å². The predicted octanol–water partition coefficient (Wildman–Crippen LogP) is 5.92. The topological polar surface area (TPSA) is 60.0 Å². The molecule has 34 heavy (non-hydrogen) atoms. The quantitative estimate of drug-likeness (QED) is 0.406. The summed E-state index contributed by atoms with van der Waals surface area (Å²) in [7, 11) is 0. The molecule has 0 spiro atoms. The molecule has 6 nitrogen and oxygen atoms in total. The number of halogens is 1. The average molecular weight is 481 g/mol. The maximum Gasteiger partial charge on any atom is 0.322 e. The largest absolute Gasteiger partial charge is 0.492 e. The Bertz CT molecular complexity index is 1100. The second-order valence-electron chi connectivity index (χ2n) is 8.00. The summed E-state index contributed by atoms with van der Waals surface area (Å²) >= 11 is 5.94. The Hall–Kier alpha value is -3.22. The first-order valence-corrected chi connectivity index (χ1v) is 11.8. The van der Waals surface area contributed by atoms with Crippen LogP contribution in [-0.4, -0.2) is 37.3 Å². The van der Waals surface area contributed by atoms with Crippen LogP contribution in [0.5, 0.6) is 11.5 Å². The first-order chi connectivity index (χ1) is 16.6. The number of amides is 2. The minimum Gasteiger partial charge on any atom is -0.492 e. The minimum absolute atomic E-state index is 0.187. The zero-order valence-electron chi connectivity index (χ0n) is 19.3. The van der Waals surface area contributed by atoms with Crippen LogP contribution in [0.1, 0.15) is 23.6 Å². The van der Waals surface area contributed by atoms with Gasteiger partial charge in [0.15, 0.2) is 0 Å². The number of ether oxygens (including phenoxy) is 3. The fraction of sp³-hybridized carbons (Fsp3) is 0.296. The fourth-order valence-corrected chi connectivity index (χ4v) is 3.91. The molecule has 0 unspecified atom stereocenters. The van der Waals surface area contributed by atoms with E-state index in [2.05, 4.69) is 11.4 Å². The Morgan fingerprint density at radius 3 is 2.71 bits per heavy atom. The van der Waals surface area contributed by atoms with Gasteiger partial charge in [0.05, 0.1) is 38.6 Å². The zero-order chi connectivity index (χ0) is 23.8. The van der Waals surface area contributed by atoms with Crippen LogP contribution in [0.15, 0.2) is 66.7 Å². The van der Waals surface area contributed by atoms with Gasteiger partial charge in [-0.2, -0.15) is 0 Å². The van der Waals surface area contributed by atoms with E-state index in [9.17, 15) is 4.79 Å². The van der Waals surface area contributed by atoms with Crippen LogP contribution >= 0.6 is 11.6 Å². The van der Waals surface area contributed by atoms with Crippen LogP contribution < -0.4 is 14.8 Å². The Kier molecular flexibility index (Phi) is 8.28. The van der Waals surface area contributed by atoms with Crippen molar-refractivity contribution in [3.05, 3.63) is 88.4 Å². The number of rotatable bonds is 8. The number of carbonyl (C=O) groups is 1. The van der Waals surface area contributed by atoms with Gasteiger partial charge in [0.1, 0.15) is 18.1 Å². The number of fused-ring (bicyclic) bond motifs is 1. The van der Waals surface area contributed by atoms with Crippen LogP contribution in [0.25, 0.3) is 0 Å². The van der Waals surface area contributed by atoms with E-state index in [0.717, 1.165) is 28.3 Å². The molecule has 0 aromatic heterocycles. The van der Waals surface area contributed by atoms with Crippen LogP contribution in [0.3, 0.4) is 0 Å². The van der Waals surface area contributed by atoms with E-state index in [1.165, 1.54) is 5.56 Å². The molecule has 0 bridgehead atoms. The van der Waals surface area contributed by atoms with Gasteiger partial charge in [-0.3, -0.25) is 0 Å². The molecule has 7 heteroatoms. The molecular formula is C27H29ClN2O4. The molecule has 1 aliphatic heterocycles. The second-order valence-corrected chi connectivity index (χ2v) is 8.44. The van der Waals surface area contributed by atoms with Gasteiger partial charge in [-0.25, -0.2) is 4.79 Å². The van der Waals surface area contributed by atoms with Gasteiger partial charge in [-0.05, 0) is 60.9 Å². The highest BCUT2D eigenvalue weighted by Gasteiger charge is 2.21. The SMILES string of the molecule is CCOc1ccccc1NC(=O)N1CCOc2ccc(COCCc3ccc(Cl)cc3)cc2C1. The number of nitrogens with one attached hydrogen (secondary N) is 1. The summed E-state index contributed by atoms with van der Waals surface area (Å²) in [5.74, 6) is 1.46. The van der Waals surface area contributed by atoms with Crippen LogP contribution in [-0.2, 0) is 24.3 Å². The van der Waals surface area contributed by atoms with Gasteiger partial charge < -0.3 is 24.4 Å². The molecule has 4 rings (SSSR count). The van der Waals surface area contributed by atoms with E-state index in [1.807, 2.05) is 67.6 Å². The standard InChI is InChI=1S/C27H29ClN2O4/c1-2-33-26-6-4-3-5-24(26)29-27(31)30-14-16-34-25-12-9-21(17-22(25)18-30)19-32-15-13-20-7-10-23(28)11-8-20/h3-12,17H,2,13-16,18-19H2,1H3,(H,29,31). The Morgan fingerprint density at radius 1 is 1.09 bits per heavy atom. The molecule has 0 radical (unpaired) electrons. The smallest absolute Gasteiger partial charge is 0.322 e. The lowest BCUT2D eigenvalue weighted by molar-refractivity contribution is 0.123. The molecule has 0 saturated heterocycles. The third kappa shape index (κ3) is 6.43. The third-order valence-electron chi connectivity index (χ3n) is 5.54. The van der Waals surface area contributed by atoms with Crippen molar-refractivity contribution in [2.45, 2.75) is 26.5 Å².